The number of para-hydroxylation sites is 1. The Kier molecular flexibility index (Phi) is 5.59. The molecule has 0 unspecified atom stereocenters. The number of aromatic nitrogens is 3. The molecule has 1 amide bonds. The Morgan fingerprint density at radius 2 is 2.00 bits per heavy atom. The molecule has 4 aromatic rings. The summed E-state index contributed by atoms with van der Waals surface area (Å²) in [6.45, 7) is 3.78. The first-order valence-corrected chi connectivity index (χ1v) is 11.3. The molecule has 0 saturated carbocycles. The molecule has 1 saturated heterocycles. The van der Waals surface area contributed by atoms with Crippen LogP contribution >= 0.6 is 0 Å². The number of anilines is 1. The Morgan fingerprint density at radius 1 is 1.21 bits per heavy atom. The van der Waals surface area contributed by atoms with E-state index in [1.165, 1.54) is 0 Å². The first-order valence-electron chi connectivity index (χ1n) is 11.3. The van der Waals surface area contributed by atoms with Crippen molar-refractivity contribution >= 4 is 33.5 Å². The summed E-state index contributed by atoms with van der Waals surface area (Å²) >= 11 is 0. The molecule has 9 nitrogen and oxygen atoms in total. The lowest BCUT2D eigenvalue weighted by Crippen LogP contribution is -2.53. The molecule has 0 radical (unpaired) electrons. The number of benzene rings is 2. The number of amides is 1. The van der Waals surface area contributed by atoms with Crippen molar-refractivity contribution in [3.63, 3.8) is 0 Å². The highest BCUT2D eigenvalue weighted by atomic mass is 16.5. The zero-order valence-corrected chi connectivity index (χ0v) is 19.5. The highest BCUT2D eigenvalue weighted by molar-refractivity contribution is 6.00. The number of rotatable bonds is 4. The number of nitrogens with two attached hydrogens (primary N) is 1. The summed E-state index contributed by atoms with van der Waals surface area (Å²) in [5, 5.41) is 0.752. The average Bonchev–Trinajstić information content (AvgIpc) is 3.22. The standard InChI is InChI=1S/C25H28N6O3/c1-14-13-34-16(11-30(2)3)12-31(14)25(33)15-8-9-19-20(10-15)28-23(27-19)21-22(26)17-6-4-5-7-18(17)29-24(21)32/h4-10,14,16H,11-13H2,1-3H3,(H,27,28)(H3,26,29,32)/t14-,16+/m1/s1. The lowest BCUT2D eigenvalue weighted by Gasteiger charge is -2.39. The molecule has 1 aliphatic rings. The van der Waals surface area contributed by atoms with Crippen LogP contribution in [-0.4, -0.2) is 76.6 Å². The number of fused-ring (bicyclic) bond motifs is 2. The summed E-state index contributed by atoms with van der Waals surface area (Å²) in [4.78, 5) is 40.7. The number of hydrogen-bond acceptors (Lipinski definition) is 6. The zero-order chi connectivity index (χ0) is 24.0. The number of nitrogens with one attached hydrogen (secondary N) is 2. The fourth-order valence-corrected chi connectivity index (χ4v) is 4.55. The molecule has 2 aromatic heterocycles. The molecule has 2 aromatic carbocycles. The van der Waals surface area contributed by atoms with Gasteiger partial charge in [0.1, 0.15) is 11.4 Å². The number of nitrogen functional groups attached to an aromatic ring is 1. The van der Waals surface area contributed by atoms with E-state index in [0.717, 1.165) is 17.4 Å². The maximum Gasteiger partial charge on any atom is 0.261 e. The third kappa shape index (κ3) is 3.93. The molecular weight excluding hydrogens is 432 g/mol. The number of carbonyl (C=O) groups excluding carboxylic acids is 1. The van der Waals surface area contributed by atoms with E-state index in [2.05, 4.69) is 19.9 Å². The van der Waals surface area contributed by atoms with Crippen LogP contribution in [0.15, 0.2) is 47.3 Å². The van der Waals surface area contributed by atoms with Crippen LogP contribution in [0.5, 0.6) is 0 Å². The number of aromatic amines is 2. The van der Waals surface area contributed by atoms with E-state index in [9.17, 15) is 9.59 Å². The Balaban J connectivity index is 1.49. The maximum atomic E-state index is 13.4. The second-order valence-corrected chi connectivity index (χ2v) is 9.13. The van der Waals surface area contributed by atoms with Gasteiger partial charge in [-0.15, -0.1) is 0 Å². The van der Waals surface area contributed by atoms with Gasteiger partial charge in [-0.2, -0.15) is 0 Å². The number of hydrogen-bond donors (Lipinski definition) is 3. The topological polar surface area (TPSA) is 120 Å². The van der Waals surface area contributed by atoms with Crippen LogP contribution in [0.3, 0.4) is 0 Å². The molecule has 0 bridgehead atoms. The smallest absolute Gasteiger partial charge is 0.261 e. The number of carbonyl (C=O) groups is 1. The largest absolute Gasteiger partial charge is 0.397 e. The minimum absolute atomic E-state index is 0.0210. The summed E-state index contributed by atoms with van der Waals surface area (Å²) in [5.41, 5.74) is 9.22. The summed E-state index contributed by atoms with van der Waals surface area (Å²) in [5.74, 6) is 0.309. The number of pyridine rings is 1. The molecule has 2 atom stereocenters. The highest BCUT2D eigenvalue weighted by Crippen LogP contribution is 2.28. The third-order valence-electron chi connectivity index (χ3n) is 6.26. The van der Waals surface area contributed by atoms with Gasteiger partial charge in [-0.25, -0.2) is 4.98 Å². The van der Waals surface area contributed by atoms with E-state index in [1.807, 2.05) is 56.3 Å². The van der Waals surface area contributed by atoms with Gasteiger partial charge in [-0.3, -0.25) is 9.59 Å². The molecule has 4 N–H and O–H groups in total. The van der Waals surface area contributed by atoms with E-state index < -0.39 is 0 Å². The van der Waals surface area contributed by atoms with Gasteiger partial charge >= 0.3 is 0 Å². The van der Waals surface area contributed by atoms with E-state index in [-0.39, 0.29) is 29.2 Å². The van der Waals surface area contributed by atoms with Crippen LogP contribution in [0.1, 0.15) is 17.3 Å². The van der Waals surface area contributed by atoms with Crippen molar-refractivity contribution < 1.29 is 9.53 Å². The number of imidazole rings is 1. The molecule has 34 heavy (non-hydrogen) atoms. The van der Waals surface area contributed by atoms with Gasteiger partial charge in [0.15, 0.2) is 0 Å². The molecule has 3 heterocycles. The summed E-state index contributed by atoms with van der Waals surface area (Å²) in [6, 6.07) is 12.7. The predicted octanol–water partition coefficient (Wildman–Crippen LogP) is 2.44. The first kappa shape index (κ1) is 22.1. The third-order valence-corrected chi connectivity index (χ3v) is 6.26. The monoisotopic (exact) mass is 460 g/mol. The van der Waals surface area contributed by atoms with E-state index in [0.29, 0.717) is 41.3 Å². The van der Waals surface area contributed by atoms with Crippen LogP contribution in [0.25, 0.3) is 33.3 Å². The molecular formula is C25H28N6O3. The number of nitrogens with zero attached hydrogens (tertiary/aromatic N) is 3. The van der Waals surface area contributed by atoms with E-state index in [4.69, 9.17) is 10.5 Å². The van der Waals surface area contributed by atoms with Crippen molar-refractivity contribution in [1.82, 2.24) is 24.8 Å². The van der Waals surface area contributed by atoms with Crippen LogP contribution in [0.4, 0.5) is 5.69 Å². The number of morpholine rings is 1. The summed E-state index contributed by atoms with van der Waals surface area (Å²) in [7, 11) is 3.98. The van der Waals surface area contributed by atoms with Crippen molar-refractivity contribution in [2.24, 2.45) is 0 Å². The van der Waals surface area contributed by atoms with Gasteiger partial charge in [0.25, 0.3) is 11.5 Å². The number of likely N-dealkylation sites (N-methyl/N-ethyl adjacent to an activating group) is 1. The van der Waals surface area contributed by atoms with Crippen LogP contribution in [-0.2, 0) is 4.74 Å². The lowest BCUT2D eigenvalue weighted by atomic mass is 10.1. The molecule has 9 heteroatoms. The Morgan fingerprint density at radius 3 is 2.79 bits per heavy atom. The molecule has 5 rings (SSSR count). The Hall–Kier alpha value is -3.69. The summed E-state index contributed by atoms with van der Waals surface area (Å²) < 4.78 is 5.90. The van der Waals surface area contributed by atoms with Crippen molar-refractivity contribution in [1.29, 1.82) is 0 Å². The van der Waals surface area contributed by atoms with E-state index in [1.54, 1.807) is 12.1 Å². The van der Waals surface area contributed by atoms with Crippen LogP contribution in [0, 0.1) is 0 Å². The fraction of sp³-hybridized carbons (Fsp3) is 0.320. The van der Waals surface area contributed by atoms with Gasteiger partial charge in [-0.05, 0) is 45.3 Å². The molecule has 0 aliphatic carbocycles. The minimum atomic E-state index is -0.319. The van der Waals surface area contributed by atoms with Crippen molar-refractivity contribution in [3.05, 3.63) is 58.4 Å². The van der Waals surface area contributed by atoms with E-state index >= 15 is 0 Å². The zero-order valence-electron chi connectivity index (χ0n) is 19.5. The van der Waals surface area contributed by atoms with Gasteiger partial charge in [0, 0.05) is 24.0 Å². The fourth-order valence-electron chi connectivity index (χ4n) is 4.55. The van der Waals surface area contributed by atoms with Gasteiger partial charge < -0.3 is 30.2 Å². The molecule has 1 fully saturated rings. The van der Waals surface area contributed by atoms with Gasteiger partial charge in [-0.1, -0.05) is 18.2 Å². The number of H-pyrrole nitrogens is 2. The Labute approximate surface area is 196 Å². The second kappa shape index (κ2) is 8.58. The molecule has 176 valence electrons. The van der Waals surface area contributed by atoms with Gasteiger partial charge in [0.2, 0.25) is 0 Å². The highest BCUT2D eigenvalue weighted by Gasteiger charge is 2.30. The minimum Gasteiger partial charge on any atom is -0.397 e. The van der Waals surface area contributed by atoms with Crippen molar-refractivity contribution in [2.45, 2.75) is 19.1 Å². The average molecular weight is 461 g/mol. The predicted molar refractivity (Wildman–Crippen MR) is 133 cm³/mol. The Bertz CT molecular complexity index is 1440. The SMILES string of the molecule is C[C@@H]1CO[C@@H](CN(C)C)CN1C(=O)c1ccc2[nH]c(-c3c(N)c4ccccc4[nH]c3=O)nc2c1. The van der Waals surface area contributed by atoms with Crippen molar-refractivity contribution in [3.8, 4) is 11.4 Å². The quantitative estimate of drug-likeness (QED) is 0.430. The second-order valence-electron chi connectivity index (χ2n) is 9.13. The van der Waals surface area contributed by atoms with Crippen molar-refractivity contribution in [2.75, 3.05) is 39.5 Å². The lowest BCUT2D eigenvalue weighted by molar-refractivity contribution is -0.0546. The normalized spacial score (nSPS) is 18.8. The van der Waals surface area contributed by atoms with Crippen LogP contribution in [0.2, 0.25) is 0 Å². The van der Waals surface area contributed by atoms with Gasteiger partial charge in [0.05, 0.1) is 41.0 Å². The van der Waals surface area contributed by atoms with Crippen LogP contribution < -0.4 is 11.3 Å². The first-order chi connectivity index (χ1) is 16.3. The molecule has 0 spiro atoms. The molecule has 1 aliphatic heterocycles. The number of ether oxygens (including phenoxy) is 1. The maximum absolute atomic E-state index is 13.4. The summed E-state index contributed by atoms with van der Waals surface area (Å²) in [6.07, 6.45) is -0.0292.